The van der Waals surface area contributed by atoms with Gasteiger partial charge in [0.15, 0.2) is 0 Å². The third kappa shape index (κ3) is 5.17. The molecule has 0 spiro atoms. The van der Waals surface area contributed by atoms with Crippen molar-refractivity contribution < 1.29 is 14.1 Å². The standard InChI is InChI=1S/C22H31N5O3/c1-17-4-3-9-27(14-17)21(28)16-26-12-10-25(11-13-26)15-20-23-22(24-30-20)18-5-7-19(29-2)8-6-18/h5-8,17H,3-4,9-16H2,1-2H3. The van der Waals surface area contributed by atoms with Gasteiger partial charge in [0.05, 0.1) is 20.2 Å². The zero-order valence-corrected chi connectivity index (χ0v) is 17.9. The number of hydrogen-bond acceptors (Lipinski definition) is 7. The molecule has 4 rings (SSSR count). The zero-order chi connectivity index (χ0) is 20.9. The molecule has 30 heavy (non-hydrogen) atoms. The van der Waals surface area contributed by atoms with Crippen molar-refractivity contribution in [3.8, 4) is 17.1 Å². The predicted octanol–water partition coefficient (Wildman–Crippen LogP) is 2.12. The lowest BCUT2D eigenvalue weighted by Crippen LogP contribution is -2.50. The number of carbonyl (C=O) groups is 1. The molecule has 2 aliphatic rings. The van der Waals surface area contributed by atoms with Gasteiger partial charge in [-0.3, -0.25) is 14.6 Å². The van der Waals surface area contributed by atoms with Crippen molar-refractivity contribution in [3.05, 3.63) is 30.2 Å². The Hall–Kier alpha value is -2.45. The Balaban J connectivity index is 1.24. The number of ether oxygens (including phenoxy) is 1. The van der Waals surface area contributed by atoms with Crippen molar-refractivity contribution in [2.45, 2.75) is 26.3 Å². The van der Waals surface area contributed by atoms with Gasteiger partial charge in [-0.1, -0.05) is 12.1 Å². The second kappa shape index (κ2) is 9.57. The summed E-state index contributed by atoms with van der Waals surface area (Å²) in [5.41, 5.74) is 0.904. The van der Waals surface area contributed by atoms with Gasteiger partial charge in [0, 0.05) is 44.8 Å². The van der Waals surface area contributed by atoms with Crippen molar-refractivity contribution in [2.75, 3.05) is 52.9 Å². The maximum absolute atomic E-state index is 12.6. The molecule has 1 unspecified atom stereocenters. The summed E-state index contributed by atoms with van der Waals surface area (Å²) in [7, 11) is 1.64. The minimum Gasteiger partial charge on any atom is -0.497 e. The Morgan fingerprint density at radius 3 is 2.57 bits per heavy atom. The van der Waals surface area contributed by atoms with E-state index in [9.17, 15) is 4.79 Å². The second-order valence-corrected chi connectivity index (χ2v) is 8.38. The number of carbonyl (C=O) groups excluding carboxylic acids is 1. The van der Waals surface area contributed by atoms with E-state index in [0.717, 1.165) is 57.0 Å². The first kappa shape index (κ1) is 20.8. The van der Waals surface area contributed by atoms with Gasteiger partial charge in [-0.05, 0) is 43.0 Å². The summed E-state index contributed by atoms with van der Waals surface area (Å²) in [6.07, 6.45) is 2.36. The quantitative estimate of drug-likeness (QED) is 0.718. The molecule has 2 aromatic rings. The molecule has 2 fully saturated rings. The predicted molar refractivity (Wildman–Crippen MR) is 113 cm³/mol. The molecular formula is C22H31N5O3. The van der Waals surface area contributed by atoms with Crippen molar-refractivity contribution in [1.29, 1.82) is 0 Å². The van der Waals surface area contributed by atoms with Crippen LogP contribution in [0.25, 0.3) is 11.4 Å². The summed E-state index contributed by atoms with van der Waals surface area (Å²) in [6.45, 7) is 8.77. The Morgan fingerprint density at radius 1 is 1.13 bits per heavy atom. The SMILES string of the molecule is COc1ccc(-c2noc(CN3CCN(CC(=O)N4CCCC(C)C4)CC3)n2)cc1. The van der Waals surface area contributed by atoms with Crippen LogP contribution in [-0.2, 0) is 11.3 Å². The molecule has 0 saturated carbocycles. The van der Waals surface area contributed by atoms with Crippen LogP contribution in [0.4, 0.5) is 0 Å². The van der Waals surface area contributed by atoms with Crippen LogP contribution in [0.2, 0.25) is 0 Å². The van der Waals surface area contributed by atoms with Crippen LogP contribution in [-0.4, -0.2) is 83.7 Å². The molecule has 0 radical (unpaired) electrons. The molecule has 2 aliphatic heterocycles. The highest BCUT2D eigenvalue weighted by Crippen LogP contribution is 2.20. The Bertz CT molecular complexity index is 830. The summed E-state index contributed by atoms with van der Waals surface area (Å²) >= 11 is 0. The number of likely N-dealkylation sites (tertiary alicyclic amines) is 1. The molecule has 1 amide bonds. The first-order chi connectivity index (χ1) is 14.6. The number of methoxy groups -OCH3 is 1. The summed E-state index contributed by atoms with van der Waals surface area (Å²) in [5, 5.41) is 4.11. The van der Waals surface area contributed by atoms with Crippen LogP contribution in [0.1, 0.15) is 25.7 Å². The lowest BCUT2D eigenvalue weighted by Gasteiger charge is -2.36. The van der Waals surface area contributed by atoms with Crippen LogP contribution >= 0.6 is 0 Å². The number of rotatable bonds is 6. The first-order valence-corrected chi connectivity index (χ1v) is 10.8. The van der Waals surface area contributed by atoms with Gasteiger partial charge in [0.25, 0.3) is 0 Å². The highest BCUT2D eigenvalue weighted by atomic mass is 16.5. The molecule has 1 atom stereocenters. The van der Waals surface area contributed by atoms with E-state index in [2.05, 4.69) is 26.9 Å². The molecule has 0 bridgehead atoms. The molecule has 0 aliphatic carbocycles. The molecule has 162 valence electrons. The van der Waals surface area contributed by atoms with Gasteiger partial charge >= 0.3 is 0 Å². The molecule has 1 aromatic heterocycles. The van der Waals surface area contributed by atoms with E-state index in [4.69, 9.17) is 9.26 Å². The lowest BCUT2D eigenvalue weighted by molar-refractivity contribution is -0.134. The summed E-state index contributed by atoms with van der Waals surface area (Å²) in [6, 6.07) is 7.62. The summed E-state index contributed by atoms with van der Waals surface area (Å²) in [4.78, 5) is 23.7. The highest BCUT2D eigenvalue weighted by molar-refractivity contribution is 5.78. The van der Waals surface area contributed by atoms with Crippen molar-refractivity contribution in [2.24, 2.45) is 5.92 Å². The largest absolute Gasteiger partial charge is 0.497 e. The van der Waals surface area contributed by atoms with E-state index in [1.165, 1.54) is 6.42 Å². The van der Waals surface area contributed by atoms with Gasteiger partial charge < -0.3 is 14.2 Å². The zero-order valence-electron chi connectivity index (χ0n) is 17.9. The number of aromatic nitrogens is 2. The van der Waals surface area contributed by atoms with Gasteiger partial charge in [-0.25, -0.2) is 0 Å². The van der Waals surface area contributed by atoms with Gasteiger partial charge in [-0.15, -0.1) is 0 Å². The third-order valence-electron chi connectivity index (χ3n) is 6.01. The summed E-state index contributed by atoms with van der Waals surface area (Å²) in [5.74, 6) is 2.90. The van der Waals surface area contributed by atoms with E-state index in [1.807, 2.05) is 29.2 Å². The number of benzene rings is 1. The molecule has 2 saturated heterocycles. The number of piperazine rings is 1. The van der Waals surface area contributed by atoms with Gasteiger partial charge in [0.2, 0.25) is 17.6 Å². The molecule has 3 heterocycles. The van der Waals surface area contributed by atoms with E-state index in [1.54, 1.807) is 7.11 Å². The molecule has 8 nitrogen and oxygen atoms in total. The number of piperidine rings is 1. The molecule has 0 N–H and O–H groups in total. The second-order valence-electron chi connectivity index (χ2n) is 8.38. The Labute approximate surface area is 177 Å². The molecule has 8 heteroatoms. The van der Waals surface area contributed by atoms with Crippen LogP contribution in [0.5, 0.6) is 5.75 Å². The lowest BCUT2D eigenvalue weighted by atomic mass is 10.0. The van der Waals surface area contributed by atoms with Crippen molar-refractivity contribution in [1.82, 2.24) is 24.8 Å². The van der Waals surface area contributed by atoms with Crippen LogP contribution in [0.15, 0.2) is 28.8 Å². The van der Waals surface area contributed by atoms with Gasteiger partial charge in [-0.2, -0.15) is 4.98 Å². The highest BCUT2D eigenvalue weighted by Gasteiger charge is 2.25. The smallest absolute Gasteiger partial charge is 0.241 e. The monoisotopic (exact) mass is 413 g/mol. The average Bonchev–Trinajstić information content (AvgIpc) is 3.23. The fraction of sp³-hybridized carbons (Fsp3) is 0.591. The topological polar surface area (TPSA) is 74.9 Å². The summed E-state index contributed by atoms with van der Waals surface area (Å²) < 4.78 is 10.6. The normalized spacial score (nSPS) is 21.0. The van der Waals surface area contributed by atoms with E-state index in [0.29, 0.717) is 30.7 Å². The minimum absolute atomic E-state index is 0.274. The Kier molecular flexibility index (Phi) is 6.64. The molecular weight excluding hydrogens is 382 g/mol. The van der Waals surface area contributed by atoms with Gasteiger partial charge in [0.1, 0.15) is 5.75 Å². The maximum Gasteiger partial charge on any atom is 0.241 e. The maximum atomic E-state index is 12.6. The minimum atomic E-state index is 0.274. The van der Waals surface area contributed by atoms with Crippen LogP contribution < -0.4 is 4.74 Å². The number of hydrogen-bond donors (Lipinski definition) is 0. The number of nitrogens with zero attached hydrogens (tertiary/aromatic N) is 5. The Morgan fingerprint density at radius 2 is 1.87 bits per heavy atom. The fourth-order valence-corrected chi connectivity index (χ4v) is 4.18. The molecule has 1 aromatic carbocycles. The van der Waals surface area contributed by atoms with E-state index in [-0.39, 0.29) is 5.91 Å². The van der Waals surface area contributed by atoms with E-state index >= 15 is 0 Å². The van der Waals surface area contributed by atoms with Crippen molar-refractivity contribution >= 4 is 5.91 Å². The first-order valence-electron chi connectivity index (χ1n) is 10.8. The van der Waals surface area contributed by atoms with E-state index < -0.39 is 0 Å². The number of amides is 1. The fourth-order valence-electron chi connectivity index (χ4n) is 4.18. The van der Waals surface area contributed by atoms with Crippen LogP contribution in [0, 0.1) is 5.92 Å². The average molecular weight is 414 g/mol. The van der Waals surface area contributed by atoms with Crippen molar-refractivity contribution in [3.63, 3.8) is 0 Å². The third-order valence-corrected chi connectivity index (χ3v) is 6.01. The van der Waals surface area contributed by atoms with Crippen LogP contribution in [0.3, 0.4) is 0 Å².